The third kappa shape index (κ3) is 2.44. The van der Waals surface area contributed by atoms with Gasteiger partial charge in [0, 0.05) is 6.20 Å². The van der Waals surface area contributed by atoms with E-state index in [2.05, 4.69) is 4.98 Å². The number of carboxylic acids is 1. The molecule has 0 spiro atoms. The van der Waals surface area contributed by atoms with E-state index in [1.807, 2.05) is 0 Å². The van der Waals surface area contributed by atoms with Crippen molar-refractivity contribution in [3.8, 4) is 0 Å². The lowest BCUT2D eigenvalue weighted by molar-refractivity contribution is -0.149. The molecule has 0 aliphatic rings. The number of aromatic nitrogens is 1. The van der Waals surface area contributed by atoms with Gasteiger partial charge in [-0.1, -0.05) is 0 Å². The number of aliphatic hydroxyl groups excluding tert-OH is 1. The van der Waals surface area contributed by atoms with E-state index in [4.69, 9.17) is 10.2 Å². The molecular formula is C8H6F3NO3. The number of carboxylic acid groups (broad SMARTS) is 1. The molecule has 82 valence electrons. The number of nitrogens with zero attached hydrogens (tertiary/aromatic N) is 1. The minimum Gasteiger partial charge on any atom is -0.479 e. The van der Waals surface area contributed by atoms with Crippen LogP contribution in [0.2, 0.25) is 0 Å². The van der Waals surface area contributed by atoms with E-state index in [9.17, 15) is 18.0 Å². The standard InChI is InChI=1S/C8H6F3NO3/c9-8(10,11)4-2-1-3-12-5(4)6(13)7(14)15/h1-3,6,13H,(H,14,15). The summed E-state index contributed by atoms with van der Waals surface area (Å²) in [5.74, 6) is -1.78. The molecule has 0 saturated carbocycles. The second kappa shape index (κ2) is 3.85. The van der Waals surface area contributed by atoms with Crippen LogP contribution in [0.1, 0.15) is 17.4 Å². The summed E-state index contributed by atoms with van der Waals surface area (Å²) in [5, 5.41) is 17.3. The summed E-state index contributed by atoms with van der Waals surface area (Å²) in [4.78, 5) is 13.5. The minimum atomic E-state index is -4.74. The smallest absolute Gasteiger partial charge is 0.418 e. The van der Waals surface area contributed by atoms with Gasteiger partial charge in [-0.25, -0.2) is 4.79 Å². The maximum Gasteiger partial charge on any atom is 0.418 e. The van der Waals surface area contributed by atoms with Crippen molar-refractivity contribution in [3.63, 3.8) is 0 Å². The zero-order chi connectivity index (χ0) is 11.6. The van der Waals surface area contributed by atoms with Gasteiger partial charge >= 0.3 is 12.1 Å². The highest BCUT2D eigenvalue weighted by Gasteiger charge is 2.37. The molecule has 0 saturated heterocycles. The van der Waals surface area contributed by atoms with Crippen LogP contribution < -0.4 is 0 Å². The third-order valence-corrected chi connectivity index (χ3v) is 1.64. The molecule has 4 nitrogen and oxygen atoms in total. The molecule has 0 amide bonds. The Bertz CT molecular complexity index is 378. The number of carbonyl (C=O) groups is 1. The van der Waals surface area contributed by atoms with E-state index >= 15 is 0 Å². The van der Waals surface area contributed by atoms with Crippen molar-refractivity contribution in [1.82, 2.24) is 4.98 Å². The van der Waals surface area contributed by atoms with Crippen molar-refractivity contribution < 1.29 is 28.2 Å². The Labute approximate surface area is 82.0 Å². The molecule has 0 aromatic carbocycles. The molecule has 1 unspecified atom stereocenters. The molecule has 1 aromatic heterocycles. The number of pyridine rings is 1. The van der Waals surface area contributed by atoms with Crippen molar-refractivity contribution in [2.45, 2.75) is 12.3 Å². The van der Waals surface area contributed by atoms with Crippen LogP contribution in [0.25, 0.3) is 0 Å². The van der Waals surface area contributed by atoms with Crippen LogP contribution >= 0.6 is 0 Å². The largest absolute Gasteiger partial charge is 0.479 e. The van der Waals surface area contributed by atoms with Crippen LogP contribution in [0.5, 0.6) is 0 Å². The topological polar surface area (TPSA) is 70.4 Å². The second-order valence-corrected chi connectivity index (χ2v) is 2.67. The van der Waals surface area contributed by atoms with Gasteiger partial charge < -0.3 is 10.2 Å². The Balaban J connectivity index is 3.24. The fourth-order valence-corrected chi connectivity index (χ4v) is 0.992. The van der Waals surface area contributed by atoms with Crippen molar-refractivity contribution in [2.75, 3.05) is 0 Å². The van der Waals surface area contributed by atoms with Crippen molar-refractivity contribution in [2.24, 2.45) is 0 Å². The first-order valence-electron chi connectivity index (χ1n) is 3.77. The van der Waals surface area contributed by atoms with E-state index in [1.165, 1.54) is 0 Å². The Morgan fingerprint density at radius 2 is 2.07 bits per heavy atom. The highest BCUT2D eigenvalue weighted by atomic mass is 19.4. The fraction of sp³-hybridized carbons (Fsp3) is 0.250. The average molecular weight is 221 g/mol. The molecule has 1 aromatic rings. The van der Waals surface area contributed by atoms with Gasteiger partial charge in [0.2, 0.25) is 0 Å². The molecule has 0 bridgehead atoms. The Morgan fingerprint density at radius 3 is 2.53 bits per heavy atom. The van der Waals surface area contributed by atoms with Gasteiger partial charge in [0.25, 0.3) is 0 Å². The predicted octanol–water partition coefficient (Wildman–Crippen LogP) is 1.22. The van der Waals surface area contributed by atoms with E-state index < -0.39 is 29.5 Å². The van der Waals surface area contributed by atoms with Gasteiger partial charge in [0.05, 0.1) is 11.3 Å². The van der Waals surface area contributed by atoms with Gasteiger partial charge in [0.15, 0.2) is 6.10 Å². The van der Waals surface area contributed by atoms with Crippen molar-refractivity contribution >= 4 is 5.97 Å². The summed E-state index contributed by atoms with van der Waals surface area (Å²) in [6.45, 7) is 0. The quantitative estimate of drug-likeness (QED) is 0.787. The molecule has 7 heteroatoms. The summed E-state index contributed by atoms with van der Waals surface area (Å²) in [5.41, 5.74) is -2.16. The normalized spacial score (nSPS) is 13.6. The molecule has 1 rings (SSSR count). The number of aliphatic carboxylic acids is 1. The third-order valence-electron chi connectivity index (χ3n) is 1.64. The van der Waals surface area contributed by atoms with Crippen LogP contribution in [0.3, 0.4) is 0 Å². The Hall–Kier alpha value is -1.63. The van der Waals surface area contributed by atoms with Gasteiger partial charge in [-0.3, -0.25) is 4.98 Å². The maximum atomic E-state index is 12.3. The van der Waals surface area contributed by atoms with Crippen molar-refractivity contribution in [3.05, 3.63) is 29.6 Å². The van der Waals surface area contributed by atoms with Crippen molar-refractivity contribution in [1.29, 1.82) is 0 Å². The van der Waals surface area contributed by atoms with Crippen LogP contribution in [-0.4, -0.2) is 21.2 Å². The van der Waals surface area contributed by atoms with E-state index in [-0.39, 0.29) is 0 Å². The van der Waals surface area contributed by atoms with Gasteiger partial charge in [-0.2, -0.15) is 13.2 Å². The Morgan fingerprint density at radius 1 is 1.47 bits per heavy atom. The highest BCUT2D eigenvalue weighted by molar-refractivity contribution is 5.73. The highest BCUT2D eigenvalue weighted by Crippen LogP contribution is 2.33. The first-order chi connectivity index (χ1) is 6.84. The lowest BCUT2D eigenvalue weighted by Crippen LogP contribution is -2.18. The number of hydrogen-bond acceptors (Lipinski definition) is 3. The van der Waals surface area contributed by atoms with Crippen LogP contribution in [0.15, 0.2) is 18.3 Å². The summed E-state index contributed by atoms with van der Waals surface area (Å²) in [6, 6.07) is 1.68. The molecule has 15 heavy (non-hydrogen) atoms. The van der Waals surface area contributed by atoms with Crippen LogP contribution in [0.4, 0.5) is 13.2 Å². The van der Waals surface area contributed by atoms with Gasteiger partial charge in [-0.05, 0) is 12.1 Å². The Kier molecular flexibility index (Phi) is 2.94. The number of alkyl halides is 3. The molecule has 0 radical (unpaired) electrons. The summed E-state index contributed by atoms with van der Waals surface area (Å²) < 4.78 is 37.0. The minimum absolute atomic E-state index is 0.661. The van der Waals surface area contributed by atoms with Crippen LogP contribution in [-0.2, 0) is 11.0 Å². The first-order valence-corrected chi connectivity index (χ1v) is 3.77. The van der Waals surface area contributed by atoms with Gasteiger partial charge in [0.1, 0.15) is 0 Å². The second-order valence-electron chi connectivity index (χ2n) is 2.67. The molecule has 0 aliphatic carbocycles. The molecular weight excluding hydrogens is 215 g/mol. The summed E-state index contributed by atoms with van der Waals surface area (Å²) in [7, 11) is 0. The molecule has 0 aliphatic heterocycles. The number of rotatable bonds is 2. The molecule has 0 fully saturated rings. The number of aliphatic hydroxyl groups is 1. The monoisotopic (exact) mass is 221 g/mol. The zero-order valence-corrected chi connectivity index (χ0v) is 7.19. The molecule has 1 heterocycles. The van der Waals surface area contributed by atoms with E-state index in [1.54, 1.807) is 0 Å². The number of halogens is 3. The lowest BCUT2D eigenvalue weighted by Gasteiger charge is -2.13. The zero-order valence-electron chi connectivity index (χ0n) is 7.19. The van der Waals surface area contributed by atoms with Crippen LogP contribution in [0, 0.1) is 0 Å². The van der Waals surface area contributed by atoms with E-state index in [0.29, 0.717) is 6.07 Å². The SMILES string of the molecule is O=C(O)C(O)c1ncccc1C(F)(F)F. The lowest BCUT2D eigenvalue weighted by atomic mass is 10.1. The summed E-state index contributed by atoms with van der Waals surface area (Å²) in [6.07, 6.45) is -6.03. The summed E-state index contributed by atoms with van der Waals surface area (Å²) >= 11 is 0. The number of hydrogen-bond donors (Lipinski definition) is 2. The first kappa shape index (κ1) is 11.4. The molecule has 2 N–H and O–H groups in total. The maximum absolute atomic E-state index is 12.3. The average Bonchev–Trinajstić information content (AvgIpc) is 2.15. The predicted molar refractivity (Wildman–Crippen MR) is 41.8 cm³/mol. The fourth-order valence-electron chi connectivity index (χ4n) is 0.992. The van der Waals surface area contributed by atoms with Gasteiger partial charge in [-0.15, -0.1) is 0 Å². The molecule has 1 atom stereocenters. The van der Waals surface area contributed by atoms with E-state index in [0.717, 1.165) is 12.3 Å².